The first-order valence-corrected chi connectivity index (χ1v) is 4.88. The normalized spacial score (nSPS) is 39.2. The van der Waals surface area contributed by atoms with E-state index in [1.807, 2.05) is 0 Å². The van der Waals surface area contributed by atoms with Gasteiger partial charge in [-0.05, 0) is 19.3 Å². The van der Waals surface area contributed by atoms with Gasteiger partial charge in [0.2, 0.25) is 5.91 Å². The summed E-state index contributed by atoms with van der Waals surface area (Å²) in [5, 5.41) is 3.41. The van der Waals surface area contributed by atoms with Crippen LogP contribution in [-0.4, -0.2) is 36.0 Å². The molecule has 1 aliphatic carbocycles. The summed E-state index contributed by atoms with van der Waals surface area (Å²) in [6.07, 6.45) is 3.47. The van der Waals surface area contributed by atoms with Crippen molar-refractivity contribution in [1.82, 2.24) is 10.2 Å². The summed E-state index contributed by atoms with van der Waals surface area (Å²) in [5.41, 5.74) is 0. The van der Waals surface area contributed by atoms with Gasteiger partial charge in [0.05, 0.1) is 0 Å². The van der Waals surface area contributed by atoms with Crippen molar-refractivity contribution in [3.05, 3.63) is 0 Å². The molecule has 2 atom stereocenters. The van der Waals surface area contributed by atoms with Crippen LogP contribution < -0.4 is 5.32 Å². The highest BCUT2D eigenvalue weighted by Crippen LogP contribution is 2.34. The van der Waals surface area contributed by atoms with Crippen LogP contribution in [0.1, 0.15) is 19.3 Å². The van der Waals surface area contributed by atoms with Gasteiger partial charge in [0, 0.05) is 31.1 Å². The number of amides is 1. The number of likely N-dealkylation sites (tertiary alicyclic amines) is 1. The molecule has 0 aromatic carbocycles. The summed E-state index contributed by atoms with van der Waals surface area (Å²) >= 11 is 0. The SMILES string of the molecule is O=C(C1CC1)N1C[C@H]2C[C@@H]1CN2. The second kappa shape index (κ2) is 2.22. The lowest BCUT2D eigenvalue weighted by Gasteiger charge is -2.27. The van der Waals surface area contributed by atoms with Crippen molar-refractivity contribution in [2.45, 2.75) is 31.3 Å². The van der Waals surface area contributed by atoms with Crippen LogP contribution in [0.2, 0.25) is 0 Å². The first-order chi connectivity index (χ1) is 5.84. The van der Waals surface area contributed by atoms with Crippen LogP contribution in [0.4, 0.5) is 0 Å². The first kappa shape index (κ1) is 6.89. The Balaban J connectivity index is 1.73. The van der Waals surface area contributed by atoms with E-state index in [0.717, 1.165) is 25.9 Å². The Morgan fingerprint density at radius 2 is 2.25 bits per heavy atom. The van der Waals surface area contributed by atoms with Gasteiger partial charge in [-0.15, -0.1) is 0 Å². The number of hydrogen-bond donors (Lipinski definition) is 1. The molecule has 3 rings (SSSR count). The molecule has 1 amide bonds. The van der Waals surface area contributed by atoms with Crippen LogP contribution in [-0.2, 0) is 4.79 Å². The number of rotatable bonds is 1. The van der Waals surface area contributed by atoms with E-state index in [2.05, 4.69) is 10.2 Å². The van der Waals surface area contributed by atoms with Crippen molar-refractivity contribution >= 4 is 5.91 Å². The van der Waals surface area contributed by atoms with E-state index < -0.39 is 0 Å². The molecule has 1 N–H and O–H groups in total. The predicted molar refractivity (Wildman–Crippen MR) is 44.6 cm³/mol. The van der Waals surface area contributed by atoms with E-state index in [4.69, 9.17) is 0 Å². The monoisotopic (exact) mass is 166 g/mol. The van der Waals surface area contributed by atoms with Crippen molar-refractivity contribution in [3.8, 4) is 0 Å². The molecule has 3 fully saturated rings. The fourth-order valence-corrected chi connectivity index (χ4v) is 2.40. The summed E-state index contributed by atoms with van der Waals surface area (Å²) in [6.45, 7) is 2.00. The molecule has 0 aromatic heterocycles. The molecule has 12 heavy (non-hydrogen) atoms. The summed E-state index contributed by atoms with van der Waals surface area (Å²) < 4.78 is 0. The van der Waals surface area contributed by atoms with E-state index >= 15 is 0 Å². The van der Waals surface area contributed by atoms with Crippen LogP contribution in [0.25, 0.3) is 0 Å². The minimum atomic E-state index is 0.407. The highest BCUT2D eigenvalue weighted by atomic mass is 16.2. The lowest BCUT2D eigenvalue weighted by Crippen LogP contribution is -2.47. The second-order valence-electron chi connectivity index (χ2n) is 4.26. The molecule has 0 unspecified atom stereocenters. The Hall–Kier alpha value is -0.570. The molecule has 3 heteroatoms. The van der Waals surface area contributed by atoms with E-state index in [-0.39, 0.29) is 0 Å². The van der Waals surface area contributed by atoms with Gasteiger partial charge < -0.3 is 10.2 Å². The van der Waals surface area contributed by atoms with Crippen LogP contribution in [0.15, 0.2) is 0 Å². The van der Waals surface area contributed by atoms with Crippen molar-refractivity contribution in [2.24, 2.45) is 5.92 Å². The average Bonchev–Trinajstić information content (AvgIpc) is 2.73. The third-order valence-electron chi connectivity index (χ3n) is 3.27. The maximum absolute atomic E-state index is 11.7. The summed E-state index contributed by atoms with van der Waals surface area (Å²) in [5.74, 6) is 0.841. The molecule has 2 heterocycles. The average molecular weight is 166 g/mol. The number of nitrogens with zero attached hydrogens (tertiary/aromatic N) is 1. The fourth-order valence-electron chi connectivity index (χ4n) is 2.40. The molecule has 0 radical (unpaired) electrons. The van der Waals surface area contributed by atoms with Gasteiger partial charge in [-0.2, -0.15) is 0 Å². The van der Waals surface area contributed by atoms with Gasteiger partial charge >= 0.3 is 0 Å². The predicted octanol–water partition coefficient (Wildman–Crippen LogP) is -0.0309. The third-order valence-corrected chi connectivity index (χ3v) is 3.27. The largest absolute Gasteiger partial charge is 0.337 e. The van der Waals surface area contributed by atoms with Gasteiger partial charge in [-0.3, -0.25) is 4.79 Å². The number of carbonyl (C=O) groups is 1. The van der Waals surface area contributed by atoms with Gasteiger partial charge in [0.1, 0.15) is 0 Å². The Kier molecular flexibility index (Phi) is 1.28. The molecule has 0 aromatic rings. The molecule has 2 bridgehead atoms. The van der Waals surface area contributed by atoms with Gasteiger partial charge in [-0.25, -0.2) is 0 Å². The van der Waals surface area contributed by atoms with Crippen LogP contribution in [0.3, 0.4) is 0 Å². The third kappa shape index (κ3) is 0.891. The molecule has 2 aliphatic heterocycles. The van der Waals surface area contributed by atoms with Crippen molar-refractivity contribution in [3.63, 3.8) is 0 Å². The van der Waals surface area contributed by atoms with E-state index in [1.165, 1.54) is 6.42 Å². The number of piperazine rings is 1. The van der Waals surface area contributed by atoms with Gasteiger partial charge in [-0.1, -0.05) is 0 Å². The van der Waals surface area contributed by atoms with E-state index in [0.29, 0.717) is 23.9 Å². The highest BCUT2D eigenvalue weighted by molar-refractivity contribution is 5.81. The zero-order valence-corrected chi connectivity index (χ0v) is 7.12. The minimum absolute atomic E-state index is 0.407. The Morgan fingerprint density at radius 1 is 1.42 bits per heavy atom. The summed E-state index contributed by atoms with van der Waals surface area (Å²) in [4.78, 5) is 13.8. The van der Waals surface area contributed by atoms with Gasteiger partial charge in [0.15, 0.2) is 0 Å². The molecule has 1 saturated carbocycles. The quantitative estimate of drug-likeness (QED) is 0.593. The fraction of sp³-hybridized carbons (Fsp3) is 0.889. The van der Waals surface area contributed by atoms with E-state index in [9.17, 15) is 4.79 Å². The van der Waals surface area contributed by atoms with Crippen LogP contribution in [0, 0.1) is 5.92 Å². The molecule has 3 nitrogen and oxygen atoms in total. The zero-order chi connectivity index (χ0) is 8.13. The second-order valence-corrected chi connectivity index (χ2v) is 4.26. The number of hydrogen-bond acceptors (Lipinski definition) is 2. The smallest absolute Gasteiger partial charge is 0.226 e. The standard InChI is InChI=1S/C9H14N2O/c12-9(6-1-2-6)11-5-7-3-8(11)4-10-7/h6-8,10H,1-5H2/t7-,8-/m1/s1. The molecule has 3 aliphatic rings. The molecular formula is C9H14N2O. The lowest BCUT2D eigenvalue weighted by atomic mass is 10.2. The highest BCUT2D eigenvalue weighted by Gasteiger charge is 2.44. The number of fused-ring (bicyclic) bond motifs is 2. The zero-order valence-electron chi connectivity index (χ0n) is 7.12. The summed E-state index contributed by atoms with van der Waals surface area (Å²) in [7, 11) is 0. The van der Waals surface area contributed by atoms with Crippen molar-refractivity contribution < 1.29 is 4.79 Å². The maximum Gasteiger partial charge on any atom is 0.226 e. The molecule has 2 saturated heterocycles. The lowest BCUT2D eigenvalue weighted by molar-refractivity contribution is -0.133. The maximum atomic E-state index is 11.7. The molecular weight excluding hydrogens is 152 g/mol. The molecule has 0 spiro atoms. The Bertz CT molecular complexity index is 225. The minimum Gasteiger partial charge on any atom is -0.337 e. The molecule has 66 valence electrons. The summed E-state index contributed by atoms with van der Waals surface area (Å²) in [6, 6.07) is 1.14. The topological polar surface area (TPSA) is 32.3 Å². The van der Waals surface area contributed by atoms with E-state index in [1.54, 1.807) is 0 Å². The van der Waals surface area contributed by atoms with Crippen molar-refractivity contribution in [2.75, 3.05) is 13.1 Å². The number of carbonyl (C=O) groups excluding carboxylic acids is 1. The first-order valence-electron chi connectivity index (χ1n) is 4.88. The number of nitrogens with one attached hydrogen (secondary N) is 1. The Labute approximate surface area is 72.1 Å². The van der Waals surface area contributed by atoms with Crippen LogP contribution in [0.5, 0.6) is 0 Å². The van der Waals surface area contributed by atoms with Gasteiger partial charge in [0.25, 0.3) is 0 Å². The Morgan fingerprint density at radius 3 is 2.75 bits per heavy atom. The van der Waals surface area contributed by atoms with Crippen molar-refractivity contribution in [1.29, 1.82) is 0 Å². The van der Waals surface area contributed by atoms with Crippen LogP contribution >= 0.6 is 0 Å².